The van der Waals surface area contributed by atoms with Crippen molar-refractivity contribution in [3.05, 3.63) is 12.2 Å². The van der Waals surface area contributed by atoms with E-state index in [0.717, 1.165) is 12.8 Å². The average Bonchev–Trinajstić information content (AvgIpc) is 2.55. The highest BCUT2D eigenvalue weighted by Gasteiger charge is 2.21. The predicted octanol–water partition coefficient (Wildman–Crippen LogP) is 2.78. The van der Waals surface area contributed by atoms with Crippen LogP contribution < -0.4 is 5.32 Å². The fraction of sp³-hybridized carbons (Fsp3) is 0.684. The molecule has 0 saturated heterocycles. The number of allylic oxidation sites excluding steroid dienone is 1. The second-order valence-corrected chi connectivity index (χ2v) is 7.30. The number of esters is 1. The predicted molar refractivity (Wildman–Crippen MR) is 102 cm³/mol. The number of carbonyl (C=O) groups is 3. The lowest BCUT2D eigenvalue weighted by Gasteiger charge is -2.22. The monoisotopic (exact) mass is 384 g/mol. The van der Waals surface area contributed by atoms with Gasteiger partial charge in [-0.25, -0.2) is 4.79 Å². The number of cyclic esters (lactones) is 1. The minimum absolute atomic E-state index is 0.108. The van der Waals surface area contributed by atoms with Crippen molar-refractivity contribution in [3.63, 3.8) is 0 Å². The van der Waals surface area contributed by atoms with Crippen LogP contribution in [0.25, 0.3) is 0 Å². The van der Waals surface area contributed by atoms with Crippen LogP contribution in [0, 0.1) is 0 Å². The molecule has 8 heteroatoms. The zero-order valence-corrected chi connectivity index (χ0v) is 16.4. The van der Waals surface area contributed by atoms with E-state index in [4.69, 9.17) is 13.6 Å². The van der Waals surface area contributed by atoms with Gasteiger partial charge in [0, 0.05) is 23.9 Å². The number of nitrogens with zero attached hydrogens (tertiary/aromatic N) is 2. The summed E-state index contributed by atoms with van der Waals surface area (Å²) in [6.07, 6.45) is 4.95. The molecule has 0 radical (unpaired) electrons. The molecule has 1 unspecified atom stereocenters. The number of aliphatic imine (C=N–C) groups is 1. The molecule has 1 aliphatic rings. The minimum atomic E-state index is -2.87. The van der Waals surface area contributed by atoms with E-state index in [1.165, 1.54) is 0 Å². The third-order valence-corrected chi connectivity index (χ3v) is 3.38. The summed E-state index contributed by atoms with van der Waals surface area (Å²) in [6, 6.07) is 0. The van der Waals surface area contributed by atoms with Gasteiger partial charge in [-0.1, -0.05) is 12.2 Å². The Kier molecular flexibility index (Phi) is 7.13. The standard InChI is InChI=1S/C19H31N3O5/c1-14-11-9-7-6-8-10-12-15(23)20-17(22(5)13-16(24)26-14)21-18(25)27-19(2,3)4/h7,9,14H,6,8,10-13H2,1-5H3,(H,20,21,23,25)/b9-7-/i5D3. The van der Waals surface area contributed by atoms with E-state index in [-0.39, 0.29) is 6.42 Å². The smallest absolute Gasteiger partial charge is 0.437 e. The Morgan fingerprint density at radius 2 is 2.11 bits per heavy atom. The van der Waals surface area contributed by atoms with Crippen LogP contribution in [0.1, 0.15) is 63.9 Å². The third kappa shape index (κ3) is 10.4. The maximum atomic E-state index is 12.3. The molecule has 27 heavy (non-hydrogen) atoms. The second-order valence-electron chi connectivity index (χ2n) is 7.30. The highest BCUT2D eigenvalue weighted by Crippen LogP contribution is 2.09. The first-order valence-corrected chi connectivity index (χ1v) is 9.01. The first kappa shape index (κ1) is 18.0. The van der Waals surface area contributed by atoms with Gasteiger partial charge in [0.1, 0.15) is 18.2 Å². The second kappa shape index (κ2) is 10.7. The zero-order chi connectivity index (χ0) is 22.9. The summed E-state index contributed by atoms with van der Waals surface area (Å²) in [5.41, 5.74) is -0.878. The lowest BCUT2D eigenvalue weighted by Crippen LogP contribution is -2.45. The molecule has 0 aromatic rings. The number of hydrogen-bond acceptors (Lipinski definition) is 5. The minimum Gasteiger partial charge on any atom is -0.461 e. The number of rotatable bonds is 0. The summed E-state index contributed by atoms with van der Waals surface area (Å²) >= 11 is 0. The molecule has 0 aromatic carbocycles. The summed E-state index contributed by atoms with van der Waals surface area (Å²) in [6.45, 7) is 2.95. The van der Waals surface area contributed by atoms with Gasteiger partial charge < -0.3 is 14.4 Å². The quantitative estimate of drug-likeness (QED) is 0.509. The van der Waals surface area contributed by atoms with Crippen LogP contribution in [-0.2, 0) is 19.1 Å². The van der Waals surface area contributed by atoms with Gasteiger partial charge in [0.15, 0.2) is 0 Å². The highest BCUT2D eigenvalue weighted by molar-refractivity contribution is 6.01. The molecular weight excluding hydrogens is 350 g/mol. The Labute approximate surface area is 165 Å². The summed E-state index contributed by atoms with van der Waals surface area (Å²) in [7, 11) is 0. The van der Waals surface area contributed by atoms with Crippen molar-refractivity contribution in [1.29, 1.82) is 0 Å². The number of nitrogens with one attached hydrogen (secondary N) is 1. The molecule has 1 aliphatic heterocycles. The molecule has 1 N–H and O–H groups in total. The van der Waals surface area contributed by atoms with Gasteiger partial charge in [-0.3, -0.25) is 14.9 Å². The van der Waals surface area contributed by atoms with Gasteiger partial charge in [-0.05, 0) is 47.0 Å². The van der Waals surface area contributed by atoms with Gasteiger partial charge in [-0.2, -0.15) is 0 Å². The first-order valence-electron chi connectivity index (χ1n) is 10.5. The molecule has 152 valence electrons. The number of ether oxygens (including phenoxy) is 2. The van der Waals surface area contributed by atoms with Crippen LogP contribution in [-0.4, -0.2) is 54.1 Å². The Balaban J connectivity index is 3.24. The maximum Gasteiger partial charge on any atom is 0.437 e. The van der Waals surface area contributed by atoms with Gasteiger partial charge in [-0.15, -0.1) is 4.99 Å². The Morgan fingerprint density at radius 3 is 2.78 bits per heavy atom. The van der Waals surface area contributed by atoms with Gasteiger partial charge in [0.05, 0.1) is 0 Å². The maximum absolute atomic E-state index is 12.3. The van der Waals surface area contributed by atoms with Crippen LogP contribution in [0.2, 0.25) is 0 Å². The van der Waals surface area contributed by atoms with Crippen LogP contribution in [0.5, 0.6) is 0 Å². The Morgan fingerprint density at radius 1 is 1.37 bits per heavy atom. The summed E-state index contributed by atoms with van der Waals surface area (Å²) < 4.78 is 33.6. The van der Waals surface area contributed by atoms with Gasteiger partial charge in [0.2, 0.25) is 11.9 Å². The Hall–Kier alpha value is -2.38. The topological polar surface area (TPSA) is 97.3 Å². The van der Waals surface area contributed by atoms with E-state index in [9.17, 15) is 14.4 Å². The molecule has 8 nitrogen and oxygen atoms in total. The van der Waals surface area contributed by atoms with Crippen molar-refractivity contribution >= 4 is 23.9 Å². The van der Waals surface area contributed by atoms with Crippen molar-refractivity contribution in [2.24, 2.45) is 4.99 Å². The third-order valence-electron chi connectivity index (χ3n) is 3.38. The fourth-order valence-electron chi connectivity index (χ4n) is 2.18. The van der Waals surface area contributed by atoms with E-state index in [2.05, 4.69) is 10.3 Å². The summed E-state index contributed by atoms with van der Waals surface area (Å²) in [5.74, 6) is -1.92. The molecule has 0 saturated carbocycles. The van der Waals surface area contributed by atoms with Crippen LogP contribution in [0.15, 0.2) is 17.1 Å². The van der Waals surface area contributed by atoms with E-state index >= 15 is 0 Å². The van der Waals surface area contributed by atoms with E-state index in [1.54, 1.807) is 27.7 Å². The molecular formula is C19H31N3O5. The molecule has 0 aromatic heterocycles. The van der Waals surface area contributed by atoms with Crippen molar-refractivity contribution < 1.29 is 28.0 Å². The molecule has 0 aliphatic carbocycles. The van der Waals surface area contributed by atoms with E-state index < -0.39 is 49.2 Å². The largest absolute Gasteiger partial charge is 0.461 e. The number of amides is 2. The SMILES string of the molecule is [2H]C([2H])([2H])N1CC(=O)OC(C)C/C=C\CCCCC(=O)N/C1=N/C(=O)OC(C)(C)C. The molecule has 1 atom stereocenters. The molecule has 2 amide bonds. The summed E-state index contributed by atoms with van der Waals surface area (Å²) in [4.78, 5) is 41.0. The lowest BCUT2D eigenvalue weighted by molar-refractivity contribution is -0.148. The summed E-state index contributed by atoms with van der Waals surface area (Å²) in [5, 5.41) is 2.34. The van der Waals surface area contributed by atoms with Crippen molar-refractivity contribution in [1.82, 2.24) is 10.2 Å². The van der Waals surface area contributed by atoms with Gasteiger partial charge in [0.25, 0.3) is 0 Å². The van der Waals surface area contributed by atoms with E-state index in [1.807, 2.05) is 12.2 Å². The normalized spacial score (nSPS) is 25.8. The molecule has 1 rings (SSSR count). The number of hydrogen-bond donors (Lipinski definition) is 1. The molecule has 0 fully saturated rings. The average molecular weight is 384 g/mol. The van der Waals surface area contributed by atoms with Crippen molar-refractivity contribution in [2.45, 2.75) is 71.5 Å². The Bertz CT molecular complexity index is 684. The number of carbonyl (C=O) groups excluding carboxylic acids is 3. The number of likely N-dealkylation sites (N-methyl/N-ethyl adjacent to an activating group) is 1. The zero-order valence-electron chi connectivity index (χ0n) is 19.4. The molecule has 0 spiro atoms. The van der Waals surface area contributed by atoms with Crippen LogP contribution >= 0.6 is 0 Å². The van der Waals surface area contributed by atoms with E-state index in [0.29, 0.717) is 17.7 Å². The molecule has 0 bridgehead atoms. The van der Waals surface area contributed by atoms with Crippen molar-refractivity contribution in [3.8, 4) is 0 Å². The van der Waals surface area contributed by atoms with Crippen molar-refractivity contribution in [2.75, 3.05) is 13.5 Å². The van der Waals surface area contributed by atoms with Crippen LogP contribution in [0.3, 0.4) is 0 Å². The van der Waals surface area contributed by atoms with Crippen LogP contribution in [0.4, 0.5) is 4.79 Å². The highest BCUT2D eigenvalue weighted by atomic mass is 16.6. The lowest BCUT2D eigenvalue weighted by atomic mass is 10.1. The van der Waals surface area contributed by atoms with Gasteiger partial charge >= 0.3 is 12.1 Å². The fourth-order valence-corrected chi connectivity index (χ4v) is 2.18. The first-order chi connectivity index (χ1) is 13.8. The molecule has 1 heterocycles. The number of guanidine groups is 1.